The minimum Gasteiger partial charge on any atom is -0.505 e. The van der Waals surface area contributed by atoms with E-state index in [2.05, 4.69) is 0 Å². The second-order valence-corrected chi connectivity index (χ2v) is 3.66. The van der Waals surface area contributed by atoms with E-state index < -0.39 is 11.6 Å². The Hall–Kier alpha value is -0.800. The standard InChI is InChI=1S/C10H13ClFNO/c1-2-3-9(13)7-4-6(11)5-8(12)10(7)14/h4-5,9,14H,2-3,13H2,1H3/t9-/m1/s1. The summed E-state index contributed by atoms with van der Waals surface area (Å²) in [5.41, 5.74) is 6.13. The first kappa shape index (κ1) is 11.3. The summed E-state index contributed by atoms with van der Waals surface area (Å²) in [5.74, 6) is -1.12. The molecule has 1 rings (SSSR count). The molecule has 0 aliphatic heterocycles. The number of hydrogen-bond acceptors (Lipinski definition) is 2. The van der Waals surface area contributed by atoms with Crippen molar-refractivity contribution in [2.24, 2.45) is 5.73 Å². The highest BCUT2D eigenvalue weighted by atomic mass is 35.5. The first-order valence-electron chi connectivity index (χ1n) is 4.49. The lowest BCUT2D eigenvalue weighted by Gasteiger charge is -2.13. The number of aromatic hydroxyl groups is 1. The molecule has 1 aromatic carbocycles. The van der Waals surface area contributed by atoms with Crippen molar-refractivity contribution in [2.75, 3.05) is 0 Å². The van der Waals surface area contributed by atoms with Crippen LogP contribution in [0.2, 0.25) is 5.02 Å². The smallest absolute Gasteiger partial charge is 0.166 e. The van der Waals surface area contributed by atoms with Crippen molar-refractivity contribution in [3.63, 3.8) is 0 Å². The van der Waals surface area contributed by atoms with Crippen molar-refractivity contribution in [2.45, 2.75) is 25.8 Å². The van der Waals surface area contributed by atoms with Gasteiger partial charge in [0.2, 0.25) is 0 Å². The summed E-state index contributed by atoms with van der Waals surface area (Å²) in [5, 5.41) is 9.66. The van der Waals surface area contributed by atoms with Crippen LogP contribution in [-0.2, 0) is 0 Å². The number of nitrogens with two attached hydrogens (primary N) is 1. The monoisotopic (exact) mass is 217 g/mol. The van der Waals surface area contributed by atoms with Crippen molar-refractivity contribution in [1.82, 2.24) is 0 Å². The summed E-state index contributed by atoms with van der Waals surface area (Å²) >= 11 is 5.66. The Morgan fingerprint density at radius 3 is 2.79 bits per heavy atom. The minimum absolute atomic E-state index is 0.252. The predicted octanol–water partition coefficient (Wildman–Crippen LogP) is 2.98. The van der Waals surface area contributed by atoms with Crippen LogP contribution in [-0.4, -0.2) is 5.11 Å². The van der Waals surface area contributed by atoms with Crippen LogP contribution in [0.25, 0.3) is 0 Å². The van der Waals surface area contributed by atoms with Gasteiger partial charge in [-0.25, -0.2) is 4.39 Å². The van der Waals surface area contributed by atoms with Gasteiger partial charge in [-0.15, -0.1) is 0 Å². The fourth-order valence-corrected chi connectivity index (χ4v) is 1.55. The molecular formula is C10H13ClFNO. The van der Waals surface area contributed by atoms with Gasteiger partial charge in [0.1, 0.15) is 0 Å². The van der Waals surface area contributed by atoms with Crippen LogP contribution >= 0.6 is 11.6 Å². The quantitative estimate of drug-likeness (QED) is 0.818. The zero-order valence-electron chi connectivity index (χ0n) is 7.93. The van der Waals surface area contributed by atoms with Crippen LogP contribution in [0.4, 0.5) is 4.39 Å². The largest absolute Gasteiger partial charge is 0.505 e. The van der Waals surface area contributed by atoms with Gasteiger partial charge in [0.15, 0.2) is 11.6 Å². The van der Waals surface area contributed by atoms with E-state index in [1.807, 2.05) is 6.92 Å². The topological polar surface area (TPSA) is 46.2 Å². The normalized spacial score (nSPS) is 12.9. The molecule has 4 heteroatoms. The Labute approximate surface area is 87.5 Å². The molecule has 0 heterocycles. The third kappa shape index (κ3) is 2.36. The highest BCUT2D eigenvalue weighted by molar-refractivity contribution is 6.30. The van der Waals surface area contributed by atoms with Crippen LogP contribution in [0, 0.1) is 5.82 Å². The van der Waals surface area contributed by atoms with Gasteiger partial charge in [0, 0.05) is 16.6 Å². The lowest BCUT2D eigenvalue weighted by Crippen LogP contribution is -2.10. The number of benzene rings is 1. The molecule has 0 radical (unpaired) electrons. The molecule has 0 fully saturated rings. The summed E-state index contributed by atoms with van der Waals surface area (Å²) in [6.45, 7) is 1.97. The molecule has 0 saturated heterocycles. The lowest BCUT2D eigenvalue weighted by molar-refractivity contribution is 0.418. The van der Waals surface area contributed by atoms with Gasteiger partial charge in [0.25, 0.3) is 0 Å². The molecule has 0 saturated carbocycles. The molecule has 0 aliphatic carbocycles. The summed E-state index contributed by atoms with van der Waals surface area (Å²) in [6.07, 6.45) is 1.56. The maximum absolute atomic E-state index is 13.1. The predicted molar refractivity (Wildman–Crippen MR) is 54.9 cm³/mol. The van der Waals surface area contributed by atoms with E-state index in [-0.39, 0.29) is 11.1 Å². The molecule has 2 nitrogen and oxygen atoms in total. The number of phenolic OH excluding ortho intramolecular Hbond substituents is 1. The van der Waals surface area contributed by atoms with E-state index >= 15 is 0 Å². The van der Waals surface area contributed by atoms with Crippen molar-refractivity contribution < 1.29 is 9.50 Å². The second-order valence-electron chi connectivity index (χ2n) is 3.22. The van der Waals surface area contributed by atoms with E-state index in [9.17, 15) is 9.50 Å². The average Bonchev–Trinajstić information content (AvgIpc) is 2.11. The van der Waals surface area contributed by atoms with Gasteiger partial charge < -0.3 is 10.8 Å². The molecule has 1 atom stereocenters. The Bertz CT molecular complexity index is 330. The first-order valence-corrected chi connectivity index (χ1v) is 4.87. The molecule has 3 N–H and O–H groups in total. The van der Waals surface area contributed by atoms with Gasteiger partial charge in [-0.05, 0) is 18.6 Å². The van der Waals surface area contributed by atoms with Crippen LogP contribution < -0.4 is 5.73 Å². The van der Waals surface area contributed by atoms with E-state index in [0.717, 1.165) is 12.5 Å². The van der Waals surface area contributed by atoms with Crippen LogP contribution in [0.5, 0.6) is 5.75 Å². The fraction of sp³-hybridized carbons (Fsp3) is 0.400. The van der Waals surface area contributed by atoms with Crippen molar-refractivity contribution in [1.29, 1.82) is 0 Å². The first-order chi connectivity index (χ1) is 6.56. The fourth-order valence-electron chi connectivity index (χ4n) is 1.34. The molecule has 0 unspecified atom stereocenters. The molecular weight excluding hydrogens is 205 g/mol. The number of hydrogen-bond donors (Lipinski definition) is 2. The molecule has 1 aromatic rings. The molecule has 0 amide bonds. The maximum Gasteiger partial charge on any atom is 0.166 e. The Morgan fingerprint density at radius 1 is 1.57 bits per heavy atom. The van der Waals surface area contributed by atoms with E-state index in [1.54, 1.807) is 0 Å². The van der Waals surface area contributed by atoms with E-state index in [4.69, 9.17) is 17.3 Å². The molecule has 0 bridgehead atoms. The van der Waals surface area contributed by atoms with Crippen molar-refractivity contribution in [3.8, 4) is 5.75 Å². The Balaban J connectivity index is 3.07. The van der Waals surface area contributed by atoms with Gasteiger partial charge >= 0.3 is 0 Å². The highest BCUT2D eigenvalue weighted by Gasteiger charge is 2.14. The number of halogens is 2. The number of rotatable bonds is 3. The summed E-state index contributed by atoms with van der Waals surface area (Å²) in [4.78, 5) is 0. The highest BCUT2D eigenvalue weighted by Crippen LogP contribution is 2.31. The Kier molecular flexibility index (Phi) is 3.72. The average molecular weight is 218 g/mol. The molecule has 0 spiro atoms. The third-order valence-corrected chi connectivity index (χ3v) is 2.28. The van der Waals surface area contributed by atoms with E-state index in [0.29, 0.717) is 12.0 Å². The van der Waals surface area contributed by atoms with Crippen LogP contribution in [0.3, 0.4) is 0 Å². The van der Waals surface area contributed by atoms with Gasteiger partial charge in [0.05, 0.1) is 0 Å². The second kappa shape index (κ2) is 4.62. The Morgan fingerprint density at radius 2 is 2.21 bits per heavy atom. The van der Waals surface area contributed by atoms with Crippen molar-refractivity contribution >= 4 is 11.6 Å². The zero-order valence-corrected chi connectivity index (χ0v) is 8.68. The third-order valence-electron chi connectivity index (χ3n) is 2.06. The molecule has 78 valence electrons. The van der Waals surface area contributed by atoms with Gasteiger partial charge in [-0.2, -0.15) is 0 Å². The minimum atomic E-state index is -0.723. The molecule has 0 aromatic heterocycles. The summed E-state index contributed by atoms with van der Waals surface area (Å²) in [6, 6.07) is 2.20. The lowest BCUT2D eigenvalue weighted by atomic mass is 10.0. The number of phenols is 1. The summed E-state index contributed by atoms with van der Waals surface area (Å²) < 4.78 is 13.1. The summed E-state index contributed by atoms with van der Waals surface area (Å²) in [7, 11) is 0. The molecule has 0 aliphatic rings. The van der Waals surface area contributed by atoms with Gasteiger partial charge in [-0.1, -0.05) is 24.9 Å². The van der Waals surface area contributed by atoms with E-state index in [1.165, 1.54) is 6.07 Å². The van der Waals surface area contributed by atoms with Crippen LogP contribution in [0.1, 0.15) is 31.4 Å². The molecule has 14 heavy (non-hydrogen) atoms. The maximum atomic E-state index is 13.1. The van der Waals surface area contributed by atoms with Crippen molar-refractivity contribution in [3.05, 3.63) is 28.5 Å². The van der Waals surface area contributed by atoms with Gasteiger partial charge in [-0.3, -0.25) is 0 Å². The zero-order chi connectivity index (χ0) is 10.7. The SMILES string of the molecule is CCC[C@@H](N)c1cc(Cl)cc(F)c1O. The van der Waals surface area contributed by atoms with Crippen LogP contribution in [0.15, 0.2) is 12.1 Å².